The fourth-order valence-corrected chi connectivity index (χ4v) is 2.98. The predicted molar refractivity (Wildman–Crippen MR) is 84.6 cm³/mol. The molecule has 3 nitrogen and oxygen atoms in total. The summed E-state index contributed by atoms with van der Waals surface area (Å²) in [4.78, 5) is 12.3. The maximum atomic E-state index is 12.3. The zero-order chi connectivity index (χ0) is 13.1. The topological polar surface area (TPSA) is 55.1 Å². The Morgan fingerprint density at radius 1 is 1.47 bits per heavy atom. The van der Waals surface area contributed by atoms with Gasteiger partial charge in [-0.3, -0.25) is 4.79 Å². The van der Waals surface area contributed by atoms with E-state index >= 15 is 0 Å². The molecule has 2 atom stereocenters. The minimum Gasteiger partial charge on any atom is -0.330 e. The zero-order valence-corrected chi connectivity index (χ0v) is 13.4. The van der Waals surface area contributed by atoms with Crippen molar-refractivity contribution in [3.05, 3.63) is 28.2 Å². The van der Waals surface area contributed by atoms with Crippen LogP contribution >= 0.6 is 28.3 Å². The smallest absolute Gasteiger partial charge is 0.227 e. The quantitative estimate of drug-likeness (QED) is 0.879. The van der Waals surface area contributed by atoms with Crippen LogP contribution in [0.4, 0.5) is 5.69 Å². The average Bonchev–Trinajstić information content (AvgIpc) is 2.82. The number of anilines is 1. The largest absolute Gasteiger partial charge is 0.330 e. The second-order valence-electron chi connectivity index (χ2n) is 4.98. The van der Waals surface area contributed by atoms with Crippen molar-refractivity contribution in [1.29, 1.82) is 0 Å². The Kier molecular flexibility index (Phi) is 6.30. The van der Waals surface area contributed by atoms with Gasteiger partial charge in [0.15, 0.2) is 0 Å². The fourth-order valence-electron chi connectivity index (χ4n) is 2.62. The summed E-state index contributed by atoms with van der Waals surface area (Å²) >= 11 is 3.42. The number of benzene rings is 1. The van der Waals surface area contributed by atoms with E-state index in [4.69, 9.17) is 5.73 Å². The van der Waals surface area contributed by atoms with E-state index in [-0.39, 0.29) is 24.2 Å². The molecule has 1 aliphatic rings. The second-order valence-corrected chi connectivity index (χ2v) is 5.90. The molecule has 1 aromatic rings. The molecule has 19 heavy (non-hydrogen) atoms. The molecule has 0 spiro atoms. The van der Waals surface area contributed by atoms with Crippen LogP contribution in [0.2, 0.25) is 0 Å². The van der Waals surface area contributed by atoms with Gasteiger partial charge in [0, 0.05) is 16.1 Å². The third-order valence-corrected chi connectivity index (χ3v) is 4.25. The molecule has 1 amide bonds. The minimum absolute atomic E-state index is 0. The van der Waals surface area contributed by atoms with Gasteiger partial charge in [-0.1, -0.05) is 28.4 Å². The number of halogens is 2. The number of rotatable bonds is 3. The molecule has 1 saturated carbocycles. The standard InChI is InChI=1S/C14H19BrN2O.ClH/c1-9-5-6-11(15)7-13(9)17-14(18)12-4-2-3-10(12)8-16;/h5-7,10,12H,2-4,8,16H2,1H3,(H,17,18);1H/t10-,12-;/m1./s1. The van der Waals surface area contributed by atoms with Gasteiger partial charge in [-0.2, -0.15) is 0 Å². The highest BCUT2D eigenvalue weighted by Crippen LogP contribution is 2.32. The average molecular weight is 348 g/mol. The van der Waals surface area contributed by atoms with E-state index in [9.17, 15) is 4.79 Å². The lowest BCUT2D eigenvalue weighted by molar-refractivity contribution is -0.120. The van der Waals surface area contributed by atoms with E-state index in [0.29, 0.717) is 12.5 Å². The Balaban J connectivity index is 0.00000180. The molecule has 0 aromatic heterocycles. The molecule has 0 radical (unpaired) electrons. The monoisotopic (exact) mass is 346 g/mol. The van der Waals surface area contributed by atoms with Gasteiger partial charge in [0.25, 0.3) is 0 Å². The van der Waals surface area contributed by atoms with E-state index < -0.39 is 0 Å². The number of hydrogen-bond acceptors (Lipinski definition) is 2. The van der Waals surface area contributed by atoms with Crippen LogP contribution in [0.5, 0.6) is 0 Å². The van der Waals surface area contributed by atoms with Crippen LogP contribution in [0.3, 0.4) is 0 Å². The van der Waals surface area contributed by atoms with Crippen molar-refractivity contribution < 1.29 is 4.79 Å². The van der Waals surface area contributed by atoms with Crippen LogP contribution in [0.15, 0.2) is 22.7 Å². The molecule has 0 unspecified atom stereocenters. The number of nitrogens with two attached hydrogens (primary N) is 1. The third-order valence-electron chi connectivity index (χ3n) is 3.76. The Bertz CT molecular complexity index is 453. The first kappa shape index (κ1) is 16.5. The first-order valence-electron chi connectivity index (χ1n) is 6.39. The predicted octanol–water partition coefficient (Wildman–Crippen LogP) is 3.49. The van der Waals surface area contributed by atoms with Crippen molar-refractivity contribution in [2.45, 2.75) is 26.2 Å². The van der Waals surface area contributed by atoms with E-state index in [1.54, 1.807) is 0 Å². The van der Waals surface area contributed by atoms with Gasteiger partial charge in [-0.15, -0.1) is 12.4 Å². The maximum absolute atomic E-state index is 12.3. The highest BCUT2D eigenvalue weighted by Gasteiger charge is 2.31. The van der Waals surface area contributed by atoms with E-state index in [1.165, 1.54) is 0 Å². The van der Waals surface area contributed by atoms with Crippen molar-refractivity contribution in [2.24, 2.45) is 17.6 Å². The van der Waals surface area contributed by atoms with Crippen molar-refractivity contribution in [1.82, 2.24) is 0 Å². The zero-order valence-electron chi connectivity index (χ0n) is 11.0. The lowest BCUT2D eigenvalue weighted by Gasteiger charge is -2.18. The van der Waals surface area contributed by atoms with Crippen molar-refractivity contribution in [3.63, 3.8) is 0 Å². The second kappa shape index (κ2) is 7.27. The molecule has 0 bridgehead atoms. The fraction of sp³-hybridized carbons (Fsp3) is 0.500. The third kappa shape index (κ3) is 3.94. The molecule has 1 fully saturated rings. The van der Waals surface area contributed by atoms with Gasteiger partial charge >= 0.3 is 0 Å². The molecule has 106 valence electrons. The highest BCUT2D eigenvalue weighted by atomic mass is 79.9. The summed E-state index contributed by atoms with van der Waals surface area (Å²) in [6, 6.07) is 5.91. The summed E-state index contributed by atoms with van der Waals surface area (Å²) in [7, 11) is 0. The maximum Gasteiger partial charge on any atom is 0.227 e. The van der Waals surface area contributed by atoms with Gasteiger partial charge < -0.3 is 11.1 Å². The van der Waals surface area contributed by atoms with Crippen molar-refractivity contribution >= 4 is 39.9 Å². The molecule has 0 heterocycles. The van der Waals surface area contributed by atoms with Crippen LogP contribution in [-0.4, -0.2) is 12.5 Å². The molecule has 2 rings (SSSR count). The summed E-state index contributed by atoms with van der Waals surface area (Å²) in [5.41, 5.74) is 7.69. The van der Waals surface area contributed by atoms with Crippen LogP contribution < -0.4 is 11.1 Å². The van der Waals surface area contributed by atoms with Gasteiger partial charge in [0.1, 0.15) is 0 Å². The lowest BCUT2D eigenvalue weighted by atomic mass is 9.95. The molecule has 0 aliphatic heterocycles. The molecular weight excluding hydrogens is 328 g/mol. The number of carbonyl (C=O) groups is 1. The van der Waals surface area contributed by atoms with E-state index in [1.807, 2.05) is 25.1 Å². The normalized spacial score (nSPS) is 21.8. The Hall–Kier alpha value is -0.580. The van der Waals surface area contributed by atoms with E-state index in [0.717, 1.165) is 35.0 Å². The lowest BCUT2D eigenvalue weighted by Crippen LogP contribution is -2.29. The van der Waals surface area contributed by atoms with Gasteiger partial charge in [-0.05, 0) is 49.9 Å². The van der Waals surface area contributed by atoms with Crippen LogP contribution in [0.1, 0.15) is 24.8 Å². The number of amides is 1. The summed E-state index contributed by atoms with van der Waals surface area (Å²) in [6.45, 7) is 2.60. The summed E-state index contributed by atoms with van der Waals surface area (Å²) in [5, 5.41) is 3.03. The van der Waals surface area contributed by atoms with Crippen molar-refractivity contribution in [3.8, 4) is 0 Å². The molecular formula is C14H20BrClN2O. The summed E-state index contributed by atoms with van der Waals surface area (Å²) in [6.07, 6.45) is 3.14. The number of aryl methyl sites for hydroxylation is 1. The Morgan fingerprint density at radius 2 is 2.21 bits per heavy atom. The number of hydrogen-bond donors (Lipinski definition) is 2. The summed E-state index contributed by atoms with van der Waals surface area (Å²) in [5.74, 6) is 0.537. The Morgan fingerprint density at radius 3 is 2.89 bits per heavy atom. The Labute approximate surface area is 128 Å². The SMILES string of the molecule is Cc1ccc(Br)cc1NC(=O)[C@@H]1CCC[C@@H]1CN.Cl. The summed E-state index contributed by atoms with van der Waals surface area (Å²) < 4.78 is 0.977. The van der Waals surface area contributed by atoms with Crippen molar-refractivity contribution in [2.75, 3.05) is 11.9 Å². The molecule has 0 saturated heterocycles. The molecule has 1 aliphatic carbocycles. The van der Waals surface area contributed by atoms with Gasteiger partial charge in [0.2, 0.25) is 5.91 Å². The minimum atomic E-state index is 0. The molecule has 5 heteroatoms. The molecule has 1 aromatic carbocycles. The van der Waals surface area contributed by atoms with Gasteiger partial charge in [-0.25, -0.2) is 0 Å². The van der Waals surface area contributed by atoms with E-state index in [2.05, 4.69) is 21.2 Å². The number of carbonyl (C=O) groups excluding carboxylic acids is 1. The van der Waals surface area contributed by atoms with Crippen LogP contribution in [0.25, 0.3) is 0 Å². The molecule has 3 N–H and O–H groups in total. The first-order chi connectivity index (χ1) is 8.61. The van der Waals surface area contributed by atoms with Crippen LogP contribution in [0, 0.1) is 18.8 Å². The number of nitrogens with one attached hydrogen (secondary N) is 1. The first-order valence-corrected chi connectivity index (χ1v) is 7.18. The van der Waals surface area contributed by atoms with Crippen LogP contribution in [-0.2, 0) is 4.79 Å². The van der Waals surface area contributed by atoms with Gasteiger partial charge in [0.05, 0.1) is 0 Å². The highest BCUT2D eigenvalue weighted by molar-refractivity contribution is 9.10.